The molecule has 1 aliphatic heterocycles. The van der Waals surface area contributed by atoms with Gasteiger partial charge in [-0.3, -0.25) is 4.90 Å². The van der Waals surface area contributed by atoms with Gasteiger partial charge in [0, 0.05) is 32.0 Å². The first-order valence-electron chi connectivity index (χ1n) is 7.80. The molecule has 5 nitrogen and oxygen atoms in total. The first-order valence-corrected chi connectivity index (χ1v) is 7.80. The van der Waals surface area contributed by atoms with E-state index in [1.807, 2.05) is 25.5 Å². The molecule has 0 spiro atoms. The molecule has 5 heteroatoms. The Kier molecular flexibility index (Phi) is 4.57. The number of benzene rings is 1. The van der Waals surface area contributed by atoms with Gasteiger partial charge in [0.2, 0.25) is 0 Å². The predicted octanol–water partition coefficient (Wildman–Crippen LogP) is 1.09. The highest BCUT2D eigenvalue weighted by atomic mass is 16.3. The molecule has 1 fully saturated rings. The minimum atomic E-state index is -0.606. The fourth-order valence-corrected chi connectivity index (χ4v) is 3.08. The van der Waals surface area contributed by atoms with Gasteiger partial charge in [0.25, 0.3) is 0 Å². The number of nitrogens with zero attached hydrogens (tertiary/aromatic N) is 3. The van der Waals surface area contributed by atoms with E-state index in [-0.39, 0.29) is 0 Å². The van der Waals surface area contributed by atoms with E-state index in [1.165, 1.54) is 5.56 Å². The van der Waals surface area contributed by atoms with Crippen molar-refractivity contribution in [2.75, 3.05) is 26.7 Å². The average Bonchev–Trinajstić information content (AvgIpc) is 3.10. The van der Waals surface area contributed by atoms with Crippen LogP contribution in [0.3, 0.4) is 0 Å². The Morgan fingerprint density at radius 1 is 1.36 bits per heavy atom. The minimum Gasteiger partial charge on any atom is -0.387 e. The summed E-state index contributed by atoms with van der Waals surface area (Å²) in [6, 6.07) is 10.4. The van der Waals surface area contributed by atoms with Crippen LogP contribution in [0, 0.1) is 0 Å². The maximum Gasteiger partial charge on any atom is 0.123 e. The molecule has 2 heterocycles. The van der Waals surface area contributed by atoms with Gasteiger partial charge in [0.15, 0.2) is 0 Å². The Balaban J connectivity index is 1.62. The second-order valence-electron chi connectivity index (χ2n) is 6.28. The summed E-state index contributed by atoms with van der Waals surface area (Å²) in [5, 5.41) is 13.7. The number of rotatable bonds is 6. The lowest BCUT2D eigenvalue weighted by Crippen LogP contribution is -2.43. The number of likely N-dealkylation sites (N-methyl/N-ethyl adjacent to an activating group) is 1. The summed E-state index contributed by atoms with van der Waals surface area (Å²) in [5.74, 6) is 1.03. The fourth-order valence-electron chi connectivity index (χ4n) is 3.08. The second kappa shape index (κ2) is 6.60. The van der Waals surface area contributed by atoms with Crippen LogP contribution in [0.5, 0.6) is 0 Å². The van der Waals surface area contributed by atoms with Crippen LogP contribution in [0.4, 0.5) is 0 Å². The van der Waals surface area contributed by atoms with Gasteiger partial charge in [-0.25, -0.2) is 4.98 Å². The van der Waals surface area contributed by atoms with Crippen LogP contribution in [0.1, 0.15) is 17.8 Å². The largest absolute Gasteiger partial charge is 0.387 e. The van der Waals surface area contributed by atoms with Crippen LogP contribution in [0.15, 0.2) is 42.7 Å². The van der Waals surface area contributed by atoms with Gasteiger partial charge in [-0.1, -0.05) is 30.3 Å². The average molecular weight is 300 g/mol. The van der Waals surface area contributed by atoms with E-state index in [4.69, 9.17) is 0 Å². The summed E-state index contributed by atoms with van der Waals surface area (Å²) in [5.41, 5.74) is 0.661. The van der Waals surface area contributed by atoms with Crippen molar-refractivity contribution in [2.45, 2.75) is 25.1 Å². The molecular weight excluding hydrogens is 276 g/mol. The number of aromatic nitrogens is 2. The zero-order chi connectivity index (χ0) is 15.4. The Bertz CT molecular complexity index is 590. The van der Waals surface area contributed by atoms with Gasteiger partial charge in [-0.05, 0) is 25.6 Å². The van der Waals surface area contributed by atoms with Crippen molar-refractivity contribution < 1.29 is 5.11 Å². The molecule has 0 saturated carbocycles. The third-order valence-corrected chi connectivity index (χ3v) is 4.19. The van der Waals surface area contributed by atoms with E-state index < -0.39 is 5.60 Å². The standard InChI is InChI=1S/C17H24N4O/c1-20(14-17(22)7-8-18-13-17)12-16-19-9-10-21(16)11-15-5-3-2-4-6-15/h2-6,9-10,18,22H,7-8,11-14H2,1H3/t17-/m1/s1. The van der Waals surface area contributed by atoms with Gasteiger partial charge in [0.1, 0.15) is 5.82 Å². The van der Waals surface area contributed by atoms with Gasteiger partial charge >= 0.3 is 0 Å². The highest BCUT2D eigenvalue weighted by molar-refractivity contribution is 5.15. The summed E-state index contributed by atoms with van der Waals surface area (Å²) in [6.45, 7) is 3.80. The fraction of sp³-hybridized carbons (Fsp3) is 0.471. The maximum atomic E-state index is 10.5. The van der Waals surface area contributed by atoms with Crippen molar-refractivity contribution in [1.82, 2.24) is 19.8 Å². The van der Waals surface area contributed by atoms with Gasteiger partial charge in [0.05, 0.1) is 12.1 Å². The third-order valence-electron chi connectivity index (χ3n) is 4.19. The van der Waals surface area contributed by atoms with Crippen LogP contribution >= 0.6 is 0 Å². The van der Waals surface area contributed by atoms with Crippen LogP contribution < -0.4 is 5.32 Å². The lowest BCUT2D eigenvalue weighted by atomic mass is 10.0. The summed E-state index contributed by atoms with van der Waals surface area (Å²) >= 11 is 0. The first kappa shape index (κ1) is 15.2. The lowest BCUT2D eigenvalue weighted by Gasteiger charge is -2.27. The molecule has 0 unspecified atom stereocenters. The van der Waals surface area contributed by atoms with Gasteiger partial charge in [-0.2, -0.15) is 0 Å². The SMILES string of the molecule is CN(Cc1nccn1Cc1ccccc1)C[C@@]1(O)CCNC1. The van der Waals surface area contributed by atoms with Crippen molar-refractivity contribution in [2.24, 2.45) is 0 Å². The van der Waals surface area contributed by atoms with E-state index >= 15 is 0 Å². The first-order chi connectivity index (χ1) is 10.6. The van der Waals surface area contributed by atoms with Crippen molar-refractivity contribution >= 4 is 0 Å². The Morgan fingerprint density at radius 2 is 2.18 bits per heavy atom. The zero-order valence-corrected chi connectivity index (χ0v) is 13.1. The number of nitrogens with one attached hydrogen (secondary N) is 1. The topological polar surface area (TPSA) is 53.3 Å². The Hall–Kier alpha value is -1.69. The minimum absolute atomic E-state index is 0.606. The normalized spacial score (nSPS) is 21.6. The van der Waals surface area contributed by atoms with Gasteiger partial charge in [-0.15, -0.1) is 0 Å². The molecule has 1 aromatic heterocycles. The highest BCUT2D eigenvalue weighted by Crippen LogP contribution is 2.16. The molecule has 0 amide bonds. The molecule has 1 saturated heterocycles. The molecule has 3 rings (SSSR count). The van der Waals surface area contributed by atoms with E-state index in [2.05, 4.69) is 44.0 Å². The molecule has 118 valence electrons. The molecule has 0 bridgehead atoms. The molecule has 2 aromatic rings. The molecular formula is C17H24N4O. The van der Waals surface area contributed by atoms with Crippen molar-refractivity contribution in [3.05, 3.63) is 54.1 Å². The third kappa shape index (κ3) is 3.74. The quantitative estimate of drug-likeness (QED) is 0.838. The highest BCUT2D eigenvalue weighted by Gasteiger charge is 2.32. The van der Waals surface area contributed by atoms with E-state index in [0.717, 1.165) is 31.9 Å². The van der Waals surface area contributed by atoms with Crippen molar-refractivity contribution in [1.29, 1.82) is 0 Å². The molecule has 1 aromatic carbocycles. The molecule has 0 radical (unpaired) electrons. The van der Waals surface area contributed by atoms with Crippen LogP contribution in [-0.2, 0) is 13.1 Å². The zero-order valence-electron chi connectivity index (χ0n) is 13.1. The van der Waals surface area contributed by atoms with Crippen LogP contribution in [-0.4, -0.2) is 51.8 Å². The summed E-state index contributed by atoms with van der Waals surface area (Å²) in [6.07, 6.45) is 4.68. The Labute approximate surface area is 131 Å². The van der Waals surface area contributed by atoms with E-state index in [9.17, 15) is 5.11 Å². The monoisotopic (exact) mass is 300 g/mol. The molecule has 1 aliphatic rings. The Morgan fingerprint density at radius 3 is 2.91 bits per heavy atom. The molecule has 22 heavy (non-hydrogen) atoms. The van der Waals surface area contributed by atoms with Crippen LogP contribution in [0.2, 0.25) is 0 Å². The van der Waals surface area contributed by atoms with Crippen molar-refractivity contribution in [3.63, 3.8) is 0 Å². The number of hydrogen-bond donors (Lipinski definition) is 2. The number of imidazole rings is 1. The molecule has 1 atom stereocenters. The van der Waals surface area contributed by atoms with Crippen molar-refractivity contribution in [3.8, 4) is 0 Å². The maximum absolute atomic E-state index is 10.5. The second-order valence-corrected chi connectivity index (χ2v) is 6.28. The van der Waals surface area contributed by atoms with Crippen LogP contribution in [0.25, 0.3) is 0 Å². The molecule has 2 N–H and O–H groups in total. The number of aliphatic hydroxyl groups is 1. The number of β-amino-alcohol motifs (C(OH)–C–C–N with tert-alkyl or cyclic N) is 1. The summed E-state index contributed by atoms with van der Waals surface area (Å²) < 4.78 is 2.17. The molecule has 0 aliphatic carbocycles. The number of hydrogen-bond acceptors (Lipinski definition) is 4. The van der Waals surface area contributed by atoms with Gasteiger partial charge < -0.3 is 15.0 Å². The summed E-state index contributed by atoms with van der Waals surface area (Å²) in [4.78, 5) is 6.62. The lowest BCUT2D eigenvalue weighted by molar-refractivity contribution is 0.0256. The van der Waals surface area contributed by atoms with E-state index in [1.54, 1.807) is 0 Å². The smallest absolute Gasteiger partial charge is 0.123 e. The van der Waals surface area contributed by atoms with E-state index in [0.29, 0.717) is 13.1 Å². The predicted molar refractivity (Wildman–Crippen MR) is 86.5 cm³/mol. The summed E-state index contributed by atoms with van der Waals surface area (Å²) in [7, 11) is 2.04.